The van der Waals surface area contributed by atoms with Crippen molar-refractivity contribution >= 4 is 10.8 Å². The lowest BCUT2D eigenvalue weighted by molar-refractivity contribution is 0.681. The quantitative estimate of drug-likeness (QED) is 0.820. The minimum atomic E-state index is -0.784. The Labute approximate surface area is 135 Å². The molecule has 4 nitrogen and oxygen atoms in total. The van der Waals surface area contributed by atoms with Gasteiger partial charge in [-0.3, -0.25) is 4.21 Å². The molecule has 2 rings (SSSR count). The molecule has 0 saturated carbocycles. The van der Waals surface area contributed by atoms with E-state index in [2.05, 4.69) is 56.0 Å². The van der Waals surface area contributed by atoms with Gasteiger partial charge in [-0.1, -0.05) is 38.5 Å². The summed E-state index contributed by atoms with van der Waals surface area (Å²) < 4.78 is 13.7. The topological polar surface area (TPSA) is 47.8 Å². The first kappa shape index (κ1) is 16.9. The summed E-state index contributed by atoms with van der Waals surface area (Å²) in [6.45, 7) is 10.3. The van der Waals surface area contributed by atoms with Crippen LogP contribution < -0.4 is 0 Å². The summed E-state index contributed by atoms with van der Waals surface area (Å²) in [6, 6.07) is 6.33. The van der Waals surface area contributed by atoms with Crippen molar-refractivity contribution in [2.45, 2.75) is 47.0 Å². The average Bonchev–Trinajstić information content (AvgIpc) is 2.89. The lowest BCUT2D eigenvalue weighted by atomic mass is 10.1. The van der Waals surface area contributed by atoms with E-state index in [-0.39, 0.29) is 5.92 Å². The van der Waals surface area contributed by atoms with Crippen molar-refractivity contribution in [3.63, 3.8) is 0 Å². The first-order valence-corrected chi connectivity index (χ1v) is 9.29. The molecule has 0 unspecified atom stereocenters. The molecule has 0 N–H and O–H groups in total. The van der Waals surface area contributed by atoms with Gasteiger partial charge in [-0.15, -0.1) is 0 Å². The van der Waals surface area contributed by atoms with Gasteiger partial charge in [-0.25, -0.2) is 9.67 Å². The van der Waals surface area contributed by atoms with E-state index in [9.17, 15) is 4.21 Å². The molecule has 0 amide bonds. The summed E-state index contributed by atoms with van der Waals surface area (Å²) in [5.41, 5.74) is 3.47. The fourth-order valence-electron chi connectivity index (χ4n) is 2.35. The third-order valence-electron chi connectivity index (χ3n) is 3.66. The van der Waals surface area contributed by atoms with Crippen molar-refractivity contribution < 1.29 is 4.21 Å². The van der Waals surface area contributed by atoms with Gasteiger partial charge in [0.25, 0.3) is 0 Å². The standard InChI is InChI=1S/C17H25N3OS/c1-6-22(21)10-9-16-18-17(12(2)3)19-20(16)15-8-7-13(4)11-14(15)5/h7-8,11-12H,6,9-10H2,1-5H3/t22-/m0/s1. The van der Waals surface area contributed by atoms with Crippen molar-refractivity contribution in [2.75, 3.05) is 11.5 Å². The Hall–Kier alpha value is -1.49. The summed E-state index contributed by atoms with van der Waals surface area (Å²) in [5.74, 6) is 3.35. The Kier molecular flexibility index (Phi) is 5.51. The van der Waals surface area contributed by atoms with Crippen LogP contribution in [0.4, 0.5) is 0 Å². The summed E-state index contributed by atoms with van der Waals surface area (Å²) in [4.78, 5) is 4.67. The number of aryl methyl sites for hydroxylation is 3. The minimum absolute atomic E-state index is 0.280. The van der Waals surface area contributed by atoms with Crippen molar-refractivity contribution in [3.8, 4) is 5.69 Å². The zero-order valence-electron chi connectivity index (χ0n) is 14.1. The molecule has 1 heterocycles. The second kappa shape index (κ2) is 7.18. The van der Waals surface area contributed by atoms with Crippen LogP contribution in [-0.2, 0) is 17.2 Å². The molecule has 2 aromatic rings. The van der Waals surface area contributed by atoms with Crippen molar-refractivity contribution in [1.29, 1.82) is 0 Å². The van der Waals surface area contributed by atoms with Crippen molar-refractivity contribution in [2.24, 2.45) is 0 Å². The molecule has 0 saturated heterocycles. The molecule has 0 aliphatic heterocycles. The predicted octanol–water partition coefficient (Wildman–Crippen LogP) is 3.32. The molecular weight excluding hydrogens is 294 g/mol. The molecule has 1 aromatic heterocycles. The number of hydrogen-bond donors (Lipinski definition) is 0. The summed E-state index contributed by atoms with van der Waals surface area (Å²) in [5, 5.41) is 4.68. The van der Waals surface area contributed by atoms with E-state index in [1.165, 1.54) is 11.1 Å². The third kappa shape index (κ3) is 3.83. The number of benzene rings is 1. The van der Waals surface area contributed by atoms with Crippen LogP contribution in [0.3, 0.4) is 0 Å². The first-order chi connectivity index (χ1) is 10.4. The van der Waals surface area contributed by atoms with Gasteiger partial charge < -0.3 is 0 Å². The average molecular weight is 319 g/mol. The predicted molar refractivity (Wildman–Crippen MR) is 92.2 cm³/mol. The Morgan fingerprint density at radius 3 is 2.59 bits per heavy atom. The Morgan fingerprint density at radius 2 is 2.00 bits per heavy atom. The normalized spacial score (nSPS) is 12.8. The van der Waals surface area contributed by atoms with E-state index in [1.54, 1.807) is 0 Å². The highest BCUT2D eigenvalue weighted by atomic mass is 32.2. The monoisotopic (exact) mass is 319 g/mol. The van der Waals surface area contributed by atoms with Crippen LogP contribution in [0.15, 0.2) is 18.2 Å². The van der Waals surface area contributed by atoms with Crippen LogP contribution in [0.2, 0.25) is 0 Å². The Morgan fingerprint density at radius 1 is 1.27 bits per heavy atom. The molecule has 1 atom stereocenters. The van der Waals surface area contributed by atoms with Crippen LogP contribution in [0.5, 0.6) is 0 Å². The number of rotatable bonds is 6. The second-order valence-electron chi connectivity index (χ2n) is 5.93. The molecule has 1 aromatic carbocycles. The van der Waals surface area contributed by atoms with E-state index in [0.717, 1.165) is 17.3 Å². The number of aromatic nitrogens is 3. The maximum atomic E-state index is 11.7. The second-order valence-corrected chi connectivity index (χ2v) is 7.79. The molecular formula is C17H25N3OS. The largest absolute Gasteiger partial charge is 0.260 e. The molecule has 22 heavy (non-hydrogen) atoms. The molecule has 0 spiro atoms. The fourth-order valence-corrected chi connectivity index (χ4v) is 3.05. The first-order valence-electron chi connectivity index (χ1n) is 7.80. The van der Waals surface area contributed by atoms with E-state index in [1.807, 2.05) is 11.6 Å². The number of hydrogen-bond acceptors (Lipinski definition) is 3. The molecule has 0 aliphatic rings. The van der Waals surface area contributed by atoms with Gasteiger partial charge in [-0.2, -0.15) is 5.10 Å². The van der Waals surface area contributed by atoms with E-state index in [4.69, 9.17) is 0 Å². The maximum Gasteiger partial charge on any atom is 0.153 e. The lowest BCUT2D eigenvalue weighted by Crippen LogP contribution is -2.10. The van der Waals surface area contributed by atoms with E-state index in [0.29, 0.717) is 17.9 Å². The minimum Gasteiger partial charge on any atom is -0.260 e. The Bertz CT molecular complexity index is 677. The van der Waals surface area contributed by atoms with E-state index < -0.39 is 10.8 Å². The molecule has 0 fully saturated rings. The highest BCUT2D eigenvalue weighted by molar-refractivity contribution is 7.84. The molecule has 0 bridgehead atoms. The highest BCUT2D eigenvalue weighted by Gasteiger charge is 2.15. The van der Waals surface area contributed by atoms with Crippen LogP contribution in [-0.4, -0.2) is 30.5 Å². The van der Waals surface area contributed by atoms with Gasteiger partial charge in [0, 0.05) is 34.6 Å². The van der Waals surface area contributed by atoms with Gasteiger partial charge in [0.1, 0.15) is 5.82 Å². The molecule has 0 radical (unpaired) electrons. The SMILES string of the molecule is CC[S@](=O)CCc1nc(C(C)C)nn1-c1ccc(C)cc1C. The maximum absolute atomic E-state index is 11.7. The molecule has 120 valence electrons. The van der Waals surface area contributed by atoms with Gasteiger partial charge in [0.2, 0.25) is 0 Å². The summed E-state index contributed by atoms with van der Waals surface area (Å²) >= 11 is 0. The van der Waals surface area contributed by atoms with E-state index >= 15 is 0 Å². The van der Waals surface area contributed by atoms with Gasteiger partial charge in [0.05, 0.1) is 5.69 Å². The van der Waals surface area contributed by atoms with Crippen LogP contribution in [0.25, 0.3) is 5.69 Å². The fraction of sp³-hybridized carbons (Fsp3) is 0.529. The number of nitrogens with zero attached hydrogens (tertiary/aromatic N) is 3. The summed E-state index contributed by atoms with van der Waals surface area (Å²) in [6.07, 6.45) is 0.688. The highest BCUT2D eigenvalue weighted by Crippen LogP contribution is 2.19. The van der Waals surface area contributed by atoms with Gasteiger partial charge >= 0.3 is 0 Å². The zero-order valence-corrected chi connectivity index (χ0v) is 14.9. The molecule has 5 heteroatoms. The smallest absolute Gasteiger partial charge is 0.153 e. The van der Waals surface area contributed by atoms with Crippen LogP contribution in [0.1, 0.15) is 49.5 Å². The van der Waals surface area contributed by atoms with Crippen molar-refractivity contribution in [3.05, 3.63) is 41.0 Å². The zero-order chi connectivity index (χ0) is 16.3. The van der Waals surface area contributed by atoms with Gasteiger partial charge in [0.15, 0.2) is 5.82 Å². The van der Waals surface area contributed by atoms with Crippen LogP contribution >= 0.6 is 0 Å². The van der Waals surface area contributed by atoms with Crippen molar-refractivity contribution in [1.82, 2.24) is 14.8 Å². The third-order valence-corrected chi connectivity index (χ3v) is 4.97. The van der Waals surface area contributed by atoms with Crippen LogP contribution in [0, 0.1) is 13.8 Å². The molecule has 0 aliphatic carbocycles. The van der Waals surface area contributed by atoms with Gasteiger partial charge in [-0.05, 0) is 25.5 Å². The Balaban J connectivity index is 2.41. The lowest BCUT2D eigenvalue weighted by Gasteiger charge is -2.09. The summed E-state index contributed by atoms with van der Waals surface area (Å²) in [7, 11) is -0.784.